The summed E-state index contributed by atoms with van der Waals surface area (Å²) in [4.78, 5) is 16.6. The van der Waals surface area contributed by atoms with Crippen LogP contribution in [0.5, 0.6) is 0 Å². The molecule has 1 amide bonds. The first kappa shape index (κ1) is 20.1. The maximum Gasteiger partial charge on any atom is 0.244 e. The molecule has 3 aromatic rings. The number of rotatable bonds is 7. The van der Waals surface area contributed by atoms with Crippen molar-refractivity contribution in [3.8, 4) is 0 Å². The maximum absolute atomic E-state index is 12.8. The second-order valence-electron chi connectivity index (χ2n) is 7.12. The van der Waals surface area contributed by atoms with E-state index in [1.807, 2.05) is 30.3 Å². The highest BCUT2D eigenvalue weighted by Gasteiger charge is 2.30. The standard InChI is InChI=1S/C19H24N8O3/c1-14-20-21-16(30-14)12-25(2)17(28)13-27-19(22-23-24-27)18(15-6-4-3-5-7-15)26-8-10-29-11-9-26/h3-7,18H,8-13H2,1-2H3/t18-/m0/s1. The predicted octanol–water partition coefficient (Wildman–Crippen LogP) is 0.445. The summed E-state index contributed by atoms with van der Waals surface area (Å²) in [7, 11) is 1.68. The largest absolute Gasteiger partial charge is 0.424 e. The van der Waals surface area contributed by atoms with Gasteiger partial charge in [0.1, 0.15) is 6.54 Å². The Morgan fingerprint density at radius 2 is 1.93 bits per heavy atom. The monoisotopic (exact) mass is 412 g/mol. The molecule has 1 atom stereocenters. The molecule has 1 saturated heterocycles. The summed E-state index contributed by atoms with van der Waals surface area (Å²) >= 11 is 0. The van der Waals surface area contributed by atoms with E-state index in [2.05, 4.69) is 30.6 Å². The fourth-order valence-electron chi connectivity index (χ4n) is 3.46. The number of nitrogens with zero attached hydrogens (tertiary/aromatic N) is 8. The van der Waals surface area contributed by atoms with Gasteiger partial charge in [0.2, 0.25) is 17.7 Å². The molecule has 1 fully saturated rings. The Morgan fingerprint density at radius 1 is 1.17 bits per heavy atom. The third-order valence-electron chi connectivity index (χ3n) is 4.98. The molecule has 0 N–H and O–H groups in total. The van der Waals surface area contributed by atoms with Crippen molar-refractivity contribution in [1.29, 1.82) is 0 Å². The van der Waals surface area contributed by atoms with Crippen LogP contribution in [0.2, 0.25) is 0 Å². The molecule has 0 spiro atoms. The van der Waals surface area contributed by atoms with E-state index < -0.39 is 0 Å². The first-order chi connectivity index (χ1) is 14.6. The fraction of sp³-hybridized carbons (Fsp3) is 0.474. The summed E-state index contributed by atoms with van der Waals surface area (Å²) in [6.07, 6.45) is 0. The van der Waals surface area contributed by atoms with Crippen molar-refractivity contribution in [1.82, 2.24) is 40.2 Å². The molecule has 30 heavy (non-hydrogen) atoms. The first-order valence-electron chi connectivity index (χ1n) is 9.77. The summed E-state index contributed by atoms with van der Waals surface area (Å²) < 4.78 is 12.4. The highest BCUT2D eigenvalue weighted by atomic mass is 16.5. The molecule has 1 aliphatic heterocycles. The minimum atomic E-state index is -0.165. The van der Waals surface area contributed by atoms with Gasteiger partial charge in [-0.15, -0.1) is 15.3 Å². The average Bonchev–Trinajstić information content (AvgIpc) is 3.38. The van der Waals surface area contributed by atoms with Crippen molar-refractivity contribution in [2.24, 2.45) is 0 Å². The molecule has 158 valence electrons. The van der Waals surface area contributed by atoms with Crippen LogP contribution in [0.4, 0.5) is 0 Å². The van der Waals surface area contributed by atoms with Crippen molar-refractivity contribution in [2.75, 3.05) is 33.4 Å². The molecular formula is C19H24N8O3. The molecule has 0 radical (unpaired) electrons. The Labute approximate surface area is 173 Å². The molecule has 2 aromatic heterocycles. The topological polar surface area (TPSA) is 115 Å². The average molecular weight is 412 g/mol. The van der Waals surface area contributed by atoms with Crippen molar-refractivity contribution >= 4 is 5.91 Å². The van der Waals surface area contributed by atoms with E-state index >= 15 is 0 Å². The van der Waals surface area contributed by atoms with E-state index in [0.717, 1.165) is 18.7 Å². The van der Waals surface area contributed by atoms with Gasteiger partial charge in [0.25, 0.3) is 0 Å². The Bertz CT molecular complexity index is 967. The van der Waals surface area contributed by atoms with Gasteiger partial charge in [-0.25, -0.2) is 4.68 Å². The van der Waals surface area contributed by atoms with Crippen LogP contribution < -0.4 is 0 Å². The number of aryl methyl sites for hydroxylation is 1. The number of aromatic nitrogens is 6. The molecule has 0 bridgehead atoms. The number of ether oxygens (including phenoxy) is 1. The molecule has 0 saturated carbocycles. The number of morpholine rings is 1. The Balaban J connectivity index is 1.54. The molecule has 1 aliphatic rings. The highest BCUT2D eigenvalue weighted by Crippen LogP contribution is 2.27. The Kier molecular flexibility index (Phi) is 6.10. The van der Waals surface area contributed by atoms with Crippen molar-refractivity contribution in [3.05, 3.63) is 53.5 Å². The summed E-state index contributed by atoms with van der Waals surface area (Å²) in [5.41, 5.74) is 1.07. The lowest BCUT2D eigenvalue weighted by Crippen LogP contribution is -2.41. The third kappa shape index (κ3) is 4.52. The third-order valence-corrected chi connectivity index (χ3v) is 4.98. The molecule has 11 heteroatoms. The second-order valence-corrected chi connectivity index (χ2v) is 7.12. The van der Waals surface area contributed by atoms with Gasteiger partial charge < -0.3 is 14.1 Å². The molecule has 11 nitrogen and oxygen atoms in total. The van der Waals surface area contributed by atoms with Gasteiger partial charge in [-0.1, -0.05) is 30.3 Å². The molecular weight excluding hydrogens is 388 g/mol. The van der Waals surface area contributed by atoms with Crippen LogP contribution in [0.3, 0.4) is 0 Å². The van der Waals surface area contributed by atoms with Crippen LogP contribution in [0.1, 0.15) is 29.2 Å². The zero-order valence-electron chi connectivity index (χ0n) is 17.0. The van der Waals surface area contributed by atoms with Gasteiger partial charge in [-0.05, 0) is 16.0 Å². The van der Waals surface area contributed by atoms with Crippen LogP contribution in [0.25, 0.3) is 0 Å². The van der Waals surface area contributed by atoms with Crippen LogP contribution >= 0.6 is 0 Å². The lowest BCUT2D eigenvalue weighted by Gasteiger charge is -2.33. The first-order valence-corrected chi connectivity index (χ1v) is 9.77. The van der Waals surface area contributed by atoms with Crippen LogP contribution in [0.15, 0.2) is 34.7 Å². The minimum Gasteiger partial charge on any atom is -0.424 e. The van der Waals surface area contributed by atoms with Crippen molar-refractivity contribution in [2.45, 2.75) is 26.1 Å². The van der Waals surface area contributed by atoms with Crippen LogP contribution in [0, 0.1) is 6.92 Å². The lowest BCUT2D eigenvalue weighted by atomic mass is 10.0. The van der Waals surface area contributed by atoms with Crippen LogP contribution in [-0.2, 0) is 22.6 Å². The van der Waals surface area contributed by atoms with Gasteiger partial charge in [0, 0.05) is 27.1 Å². The summed E-state index contributed by atoms with van der Waals surface area (Å²) in [6, 6.07) is 9.88. The molecule has 0 unspecified atom stereocenters. The second kappa shape index (κ2) is 9.09. The number of tetrazole rings is 1. The number of carbonyl (C=O) groups excluding carboxylic acids is 1. The Hall–Kier alpha value is -3.18. The zero-order chi connectivity index (χ0) is 20.9. The molecule has 0 aliphatic carbocycles. The Morgan fingerprint density at radius 3 is 2.63 bits per heavy atom. The molecule has 1 aromatic carbocycles. The summed E-state index contributed by atoms with van der Waals surface area (Å²) in [5, 5.41) is 19.9. The number of likely N-dealkylation sites (N-methyl/N-ethyl adjacent to an activating group) is 1. The normalized spacial score (nSPS) is 15.8. The summed E-state index contributed by atoms with van der Waals surface area (Å²) in [6.45, 7) is 4.77. The van der Waals surface area contributed by atoms with E-state index in [0.29, 0.717) is 30.8 Å². The number of benzene rings is 1. The minimum absolute atomic E-state index is 0.0135. The van der Waals surface area contributed by atoms with E-state index in [4.69, 9.17) is 9.15 Å². The number of hydrogen-bond donors (Lipinski definition) is 0. The predicted molar refractivity (Wildman–Crippen MR) is 104 cm³/mol. The van der Waals surface area contributed by atoms with Crippen LogP contribution in [-0.4, -0.2) is 79.5 Å². The maximum atomic E-state index is 12.8. The van der Waals surface area contributed by atoms with Crippen molar-refractivity contribution in [3.63, 3.8) is 0 Å². The number of hydrogen-bond acceptors (Lipinski definition) is 9. The van der Waals surface area contributed by atoms with Crippen molar-refractivity contribution < 1.29 is 13.9 Å². The molecule has 4 rings (SSSR count). The fourth-order valence-corrected chi connectivity index (χ4v) is 3.46. The smallest absolute Gasteiger partial charge is 0.244 e. The van der Waals surface area contributed by atoms with Gasteiger partial charge in [-0.2, -0.15) is 0 Å². The van der Waals surface area contributed by atoms with E-state index in [-0.39, 0.29) is 25.0 Å². The van der Waals surface area contributed by atoms with E-state index in [1.165, 1.54) is 4.90 Å². The van der Waals surface area contributed by atoms with Gasteiger partial charge >= 0.3 is 0 Å². The number of amides is 1. The zero-order valence-corrected chi connectivity index (χ0v) is 17.0. The highest BCUT2D eigenvalue weighted by molar-refractivity contribution is 5.75. The molecule has 3 heterocycles. The number of carbonyl (C=O) groups is 1. The SMILES string of the molecule is Cc1nnc(CN(C)C(=O)Cn2nnnc2[C@H](c2ccccc2)N2CCOCC2)o1. The quantitative estimate of drug-likeness (QED) is 0.545. The van der Waals surface area contributed by atoms with Gasteiger partial charge in [0.15, 0.2) is 5.82 Å². The van der Waals surface area contributed by atoms with Gasteiger partial charge in [0.05, 0.1) is 25.8 Å². The van der Waals surface area contributed by atoms with Gasteiger partial charge in [-0.3, -0.25) is 9.69 Å². The summed E-state index contributed by atoms with van der Waals surface area (Å²) in [5.74, 6) is 1.31. The van der Waals surface area contributed by atoms with E-state index in [9.17, 15) is 4.79 Å². The lowest BCUT2D eigenvalue weighted by molar-refractivity contribution is -0.131. The van der Waals surface area contributed by atoms with E-state index in [1.54, 1.807) is 18.7 Å².